The van der Waals surface area contributed by atoms with E-state index in [0.717, 1.165) is 0 Å². The Bertz CT molecular complexity index is 1090. The summed E-state index contributed by atoms with van der Waals surface area (Å²) >= 11 is 6.04. The van der Waals surface area contributed by atoms with Gasteiger partial charge in [-0.3, -0.25) is 14.4 Å². The zero-order chi connectivity index (χ0) is 25.2. The van der Waals surface area contributed by atoms with Crippen LogP contribution in [0.15, 0.2) is 30.3 Å². The summed E-state index contributed by atoms with van der Waals surface area (Å²) in [5, 5.41) is 0. The van der Waals surface area contributed by atoms with Crippen LogP contribution in [0, 0.1) is 28.6 Å². The second-order valence-corrected chi connectivity index (χ2v) is 11.8. The second kappa shape index (κ2) is 8.22. The molecule has 188 valence electrons. The van der Waals surface area contributed by atoms with Crippen molar-refractivity contribution in [2.45, 2.75) is 76.5 Å². The third-order valence-electron chi connectivity index (χ3n) is 10.3. The quantitative estimate of drug-likeness (QED) is 0.414. The molecule has 4 aliphatic rings. The Labute approximate surface area is 210 Å². The standard InChI is InChI=1S/C28H32ClFO5/c1-25-12-10-19(31)14-18(25)8-9-21-20-11-13-27(23(33)16-29,26(20,2)15-22(32)28(21,25)30)35-24(34)17-6-4-3-5-7-17/h3-7,18,20-21H,8-16H2,1-2H3/t18-,20+,21+,25+,26+,27-,28+/m1/s1. The Balaban J connectivity index is 1.55. The van der Waals surface area contributed by atoms with Crippen molar-refractivity contribution in [3.63, 3.8) is 0 Å². The first-order valence-corrected chi connectivity index (χ1v) is 13.2. The van der Waals surface area contributed by atoms with Crippen LogP contribution in [0.5, 0.6) is 0 Å². The number of ketones is 3. The van der Waals surface area contributed by atoms with Gasteiger partial charge in [-0.2, -0.15) is 0 Å². The number of carbonyl (C=O) groups is 4. The van der Waals surface area contributed by atoms with Crippen molar-refractivity contribution >= 4 is 34.9 Å². The monoisotopic (exact) mass is 502 g/mol. The van der Waals surface area contributed by atoms with Crippen LogP contribution in [0.3, 0.4) is 0 Å². The fourth-order valence-electron chi connectivity index (χ4n) is 8.34. The van der Waals surface area contributed by atoms with Gasteiger partial charge in [0.2, 0.25) is 0 Å². The normalized spacial score (nSPS) is 42.6. The Morgan fingerprint density at radius 3 is 2.43 bits per heavy atom. The number of benzene rings is 1. The van der Waals surface area contributed by atoms with E-state index < -0.39 is 45.6 Å². The highest BCUT2D eigenvalue weighted by Gasteiger charge is 2.76. The summed E-state index contributed by atoms with van der Waals surface area (Å²) in [4.78, 5) is 52.5. The molecule has 4 aliphatic carbocycles. The van der Waals surface area contributed by atoms with Crippen LogP contribution in [-0.2, 0) is 19.1 Å². The number of carbonyl (C=O) groups excluding carboxylic acids is 4. The molecule has 4 fully saturated rings. The van der Waals surface area contributed by atoms with Gasteiger partial charge >= 0.3 is 5.97 Å². The van der Waals surface area contributed by atoms with Gasteiger partial charge in [0.1, 0.15) is 5.78 Å². The molecular formula is C28H32ClFO5. The lowest BCUT2D eigenvalue weighted by atomic mass is 9.42. The molecule has 0 saturated heterocycles. The molecule has 1 aromatic rings. The number of fused-ring (bicyclic) bond motifs is 5. The van der Waals surface area contributed by atoms with E-state index in [4.69, 9.17) is 16.3 Å². The van der Waals surface area contributed by atoms with E-state index in [0.29, 0.717) is 44.1 Å². The minimum Gasteiger partial charge on any atom is -0.447 e. The average Bonchev–Trinajstić information content (AvgIpc) is 3.13. The summed E-state index contributed by atoms with van der Waals surface area (Å²) in [6, 6.07) is 8.42. The maximum absolute atomic E-state index is 17.2. The van der Waals surface area contributed by atoms with Crippen LogP contribution in [0.2, 0.25) is 0 Å². The molecule has 0 N–H and O–H groups in total. The fraction of sp³-hybridized carbons (Fsp3) is 0.643. The first kappa shape index (κ1) is 24.6. The summed E-state index contributed by atoms with van der Waals surface area (Å²) in [5.41, 5.74) is -5.27. The van der Waals surface area contributed by atoms with Gasteiger partial charge in [0.15, 0.2) is 22.8 Å². The lowest BCUT2D eigenvalue weighted by Gasteiger charge is -2.62. The van der Waals surface area contributed by atoms with Crippen molar-refractivity contribution in [3.05, 3.63) is 35.9 Å². The van der Waals surface area contributed by atoms with Crippen molar-refractivity contribution in [2.75, 3.05) is 5.88 Å². The maximum Gasteiger partial charge on any atom is 0.339 e. The van der Waals surface area contributed by atoms with Crippen LogP contribution in [-0.4, -0.2) is 40.5 Å². The van der Waals surface area contributed by atoms with Crippen molar-refractivity contribution in [1.29, 1.82) is 0 Å². The number of hydrogen-bond donors (Lipinski definition) is 0. The molecule has 5 nitrogen and oxygen atoms in total. The van der Waals surface area contributed by atoms with Crippen LogP contribution >= 0.6 is 11.6 Å². The van der Waals surface area contributed by atoms with Gasteiger partial charge in [0.05, 0.1) is 11.4 Å². The summed E-state index contributed by atoms with van der Waals surface area (Å²) in [6.07, 6.45) is 2.66. The van der Waals surface area contributed by atoms with Crippen molar-refractivity contribution < 1.29 is 28.3 Å². The zero-order valence-corrected chi connectivity index (χ0v) is 21.0. The van der Waals surface area contributed by atoms with Crippen molar-refractivity contribution in [1.82, 2.24) is 0 Å². The Hall–Kier alpha value is -2.08. The smallest absolute Gasteiger partial charge is 0.339 e. The van der Waals surface area contributed by atoms with E-state index in [-0.39, 0.29) is 36.3 Å². The fourth-order valence-corrected chi connectivity index (χ4v) is 8.55. The van der Waals surface area contributed by atoms with Crippen molar-refractivity contribution in [3.8, 4) is 0 Å². The van der Waals surface area contributed by atoms with Gasteiger partial charge < -0.3 is 4.74 Å². The van der Waals surface area contributed by atoms with Gasteiger partial charge in [-0.25, -0.2) is 9.18 Å². The molecule has 0 unspecified atom stereocenters. The predicted octanol–water partition coefficient (Wildman–Crippen LogP) is 5.27. The SMILES string of the molecule is C[C@]12CCC(=O)C[C@H]1CC[C@H]1[C@@H]3CC[C@@](OC(=O)c4ccccc4)(C(=O)CCl)[C@@]3(C)CC(=O)[C@@]12F. The molecule has 0 spiro atoms. The van der Waals surface area contributed by atoms with Crippen LogP contribution in [0.1, 0.15) is 75.6 Å². The Kier molecular flexibility index (Phi) is 5.78. The number of hydrogen-bond acceptors (Lipinski definition) is 5. The Morgan fingerprint density at radius 2 is 1.74 bits per heavy atom. The number of Topliss-reactive ketones (excluding diaryl/α,β-unsaturated/α-hetero) is 3. The van der Waals surface area contributed by atoms with Gasteiger partial charge in [-0.15, -0.1) is 11.6 Å². The van der Waals surface area contributed by atoms with E-state index in [2.05, 4.69) is 0 Å². The highest BCUT2D eigenvalue weighted by Crippen LogP contribution is 2.70. The maximum atomic E-state index is 17.2. The van der Waals surface area contributed by atoms with Crippen molar-refractivity contribution in [2.24, 2.45) is 28.6 Å². The lowest BCUT2D eigenvalue weighted by molar-refractivity contribution is -0.206. The molecule has 0 bridgehead atoms. The molecule has 4 saturated carbocycles. The zero-order valence-electron chi connectivity index (χ0n) is 20.3. The third-order valence-corrected chi connectivity index (χ3v) is 10.5. The lowest BCUT2D eigenvalue weighted by Crippen LogP contribution is -2.70. The molecule has 7 heteroatoms. The molecule has 0 heterocycles. The molecule has 1 aromatic carbocycles. The molecule has 0 aliphatic heterocycles. The molecular weight excluding hydrogens is 471 g/mol. The van der Waals surface area contributed by atoms with Gasteiger partial charge in [-0.05, 0) is 56.1 Å². The van der Waals surface area contributed by atoms with E-state index in [1.165, 1.54) is 0 Å². The van der Waals surface area contributed by atoms with E-state index in [9.17, 15) is 19.2 Å². The molecule has 0 radical (unpaired) electrons. The molecule has 5 rings (SSSR count). The topological polar surface area (TPSA) is 77.5 Å². The first-order chi connectivity index (χ1) is 16.5. The minimum atomic E-state index is -2.05. The summed E-state index contributed by atoms with van der Waals surface area (Å²) in [6.45, 7) is 3.65. The molecule has 0 amide bonds. The summed E-state index contributed by atoms with van der Waals surface area (Å²) in [5.74, 6) is -2.85. The van der Waals surface area contributed by atoms with E-state index in [1.807, 2.05) is 13.8 Å². The average molecular weight is 503 g/mol. The predicted molar refractivity (Wildman–Crippen MR) is 128 cm³/mol. The van der Waals surface area contributed by atoms with Crippen LogP contribution in [0.25, 0.3) is 0 Å². The van der Waals surface area contributed by atoms with Gasteiger partial charge in [0, 0.05) is 36.0 Å². The first-order valence-electron chi connectivity index (χ1n) is 12.6. The number of alkyl halides is 2. The van der Waals surface area contributed by atoms with E-state index in [1.54, 1.807) is 30.3 Å². The van der Waals surface area contributed by atoms with Gasteiger partial charge in [0.25, 0.3) is 0 Å². The number of esters is 1. The molecule has 0 aromatic heterocycles. The minimum absolute atomic E-state index is 0.142. The van der Waals surface area contributed by atoms with Crippen LogP contribution in [0.4, 0.5) is 4.39 Å². The largest absolute Gasteiger partial charge is 0.447 e. The third kappa shape index (κ3) is 3.17. The summed E-state index contributed by atoms with van der Waals surface area (Å²) < 4.78 is 23.3. The van der Waals surface area contributed by atoms with Gasteiger partial charge in [-0.1, -0.05) is 32.0 Å². The van der Waals surface area contributed by atoms with E-state index >= 15 is 4.39 Å². The number of ether oxygens (including phenoxy) is 1. The molecule has 7 atom stereocenters. The number of halogens is 2. The second-order valence-electron chi connectivity index (χ2n) is 11.6. The number of rotatable bonds is 4. The highest BCUT2D eigenvalue weighted by molar-refractivity contribution is 6.29. The highest BCUT2D eigenvalue weighted by atomic mass is 35.5. The summed E-state index contributed by atoms with van der Waals surface area (Å²) in [7, 11) is 0. The van der Waals surface area contributed by atoms with Crippen LogP contribution < -0.4 is 0 Å². The Morgan fingerprint density at radius 1 is 1.03 bits per heavy atom. The molecule has 35 heavy (non-hydrogen) atoms.